The van der Waals surface area contributed by atoms with Crippen LogP contribution in [0, 0.1) is 5.41 Å². The molecule has 0 radical (unpaired) electrons. The summed E-state index contributed by atoms with van der Waals surface area (Å²) in [5, 5.41) is 14.5. The lowest BCUT2D eigenvalue weighted by molar-refractivity contribution is -0.145. The third kappa shape index (κ3) is 10.5. The van der Waals surface area contributed by atoms with Crippen LogP contribution in [0.25, 0.3) is 0 Å². The van der Waals surface area contributed by atoms with E-state index in [0.29, 0.717) is 18.0 Å². The second-order valence-electron chi connectivity index (χ2n) is 14.3. The number of nitrogens with zero attached hydrogens (tertiary/aromatic N) is 4. The third-order valence-electron chi connectivity index (χ3n) is 8.52. The zero-order chi connectivity index (χ0) is 35.6. The van der Waals surface area contributed by atoms with Gasteiger partial charge < -0.3 is 10.1 Å². The van der Waals surface area contributed by atoms with Gasteiger partial charge >= 0.3 is 5.97 Å². The number of alkyl halides is 2. The number of amides is 1. The predicted octanol–water partition coefficient (Wildman–Crippen LogP) is 7.65. The van der Waals surface area contributed by atoms with Gasteiger partial charge in [-0.2, -0.15) is 9.78 Å². The summed E-state index contributed by atoms with van der Waals surface area (Å²) in [7, 11) is -3.92. The Balaban J connectivity index is 1.53. The molecule has 0 spiro atoms. The molecule has 1 unspecified atom stereocenters. The molecule has 48 heavy (non-hydrogen) atoms. The molecule has 1 N–H and O–H groups in total. The first-order chi connectivity index (χ1) is 22.5. The maximum Gasteiger partial charge on any atom is 0.307 e. The van der Waals surface area contributed by atoms with Crippen molar-refractivity contribution in [3.05, 3.63) is 42.0 Å². The van der Waals surface area contributed by atoms with Crippen molar-refractivity contribution in [1.29, 1.82) is 0 Å². The Labute approximate surface area is 296 Å². The van der Waals surface area contributed by atoms with Crippen molar-refractivity contribution in [3.8, 4) is 0 Å². The molecular weight excluding hydrogens is 673 g/mol. The van der Waals surface area contributed by atoms with Gasteiger partial charge in [-0.05, 0) is 32.4 Å². The zero-order valence-electron chi connectivity index (χ0n) is 29.4. The molecular formula is C35H53Cl2N5O5S. The van der Waals surface area contributed by atoms with E-state index in [1.54, 1.807) is 18.2 Å². The van der Waals surface area contributed by atoms with Crippen LogP contribution in [0.4, 0.5) is 0 Å². The number of fused-ring (bicyclic) bond motifs is 1. The standard InChI is InChI=1S/C35H53Cl2N5O5S/c1-7-8-9-10-11-12-13-14-15-19-22-27(48(45,46)26-20-17-16-18-21-26)29(44)38-24-23-28(43)47-25-34(5,6)31-39-40-32-35(36,37)30(33(2,3)4)41-42(31)32/h16-18,20-21,27H,7-15,19,22-25H2,1-6H3,(H,38,44). The van der Waals surface area contributed by atoms with Crippen molar-refractivity contribution >= 4 is 50.6 Å². The molecule has 13 heteroatoms. The highest BCUT2D eigenvalue weighted by atomic mass is 35.5. The van der Waals surface area contributed by atoms with Crippen molar-refractivity contribution in [2.45, 2.75) is 138 Å². The van der Waals surface area contributed by atoms with E-state index in [9.17, 15) is 18.0 Å². The molecule has 1 aromatic heterocycles. The van der Waals surface area contributed by atoms with Gasteiger partial charge in [-0.1, -0.05) is 133 Å². The van der Waals surface area contributed by atoms with Gasteiger partial charge in [-0.15, -0.1) is 10.2 Å². The molecule has 0 saturated carbocycles. The number of benzene rings is 1. The van der Waals surface area contributed by atoms with Gasteiger partial charge in [0, 0.05) is 12.0 Å². The molecule has 0 saturated heterocycles. The number of esters is 1. The molecule has 1 aliphatic rings. The molecule has 1 aromatic carbocycles. The first-order valence-electron chi connectivity index (χ1n) is 17.2. The summed E-state index contributed by atoms with van der Waals surface area (Å²) in [5.41, 5.74) is -0.682. The summed E-state index contributed by atoms with van der Waals surface area (Å²) in [5.74, 6) is -0.445. The molecule has 1 amide bonds. The van der Waals surface area contributed by atoms with Gasteiger partial charge in [-0.25, -0.2) is 8.42 Å². The van der Waals surface area contributed by atoms with Crippen LogP contribution in [-0.2, 0) is 33.9 Å². The molecule has 0 aliphatic carbocycles. The van der Waals surface area contributed by atoms with Crippen molar-refractivity contribution in [1.82, 2.24) is 20.2 Å². The molecule has 0 bridgehead atoms. The van der Waals surface area contributed by atoms with Crippen LogP contribution in [0.5, 0.6) is 0 Å². The molecule has 2 heterocycles. The van der Waals surface area contributed by atoms with Crippen LogP contribution in [0.1, 0.15) is 130 Å². The Morgan fingerprint density at radius 1 is 0.917 bits per heavy atom. The maximum absolute atomic E-state index is 13.5. The number of halogens is 2. The van der Waals surface area contributed by atoms with Gasteiger partial charge in [-0.3, -0.25) is 9.59 Å². The van der Waals surface area contributed by atoms with Crippen LogP contribution in [-0.4, -0.2) is 59.3 Å². The number of carbonyl (C=O) groups excluding carboxylic acids is 2. The Bertz CT molecular complexity index is 1500. The van der Waals surface area contributed by atoms with E-state index < -0.39 is 42.1 Å². The molecule has 3 rings (SSSR count). The number of sulfone groups is 1. The number of rotatable bonds is 20. The van der Waals surface area contributed by atoms with E-state index in [-0.39, 0.29) is 36.7 Å². The number of nitrogens with one attached hydrogen (secondary N) is 1. The fraction of sp³-hybridized carbons (Fsp3) is 0.686. The van der Waals surface area contributed by atoms with Crippen LogP contribution >= 0.6 is 23.2 Å². The second-order valence-corrected chi connectivity index (χ2v) is 17.8. The number of ether oxygens (including phenoxy) is 1. The van der Waals surface area contributed by atoms with E-state index >= 15 is 0 Å². The van der Waals surface area contributed by atoms with E-state index in [2.05, 4.69) is 27.5 Å². The summed E-state index contributed by atoms with van der Waals surface area (Å²) < 4.78 is 32.6. The van der Waals surface area contributed by atoms with Crippen LogP contribution < -0.4 is 5.32 Å². The van der Waals surface area contributed by atoms with E-state index in [4.69, 9.17) is 27.9 Å². The Morgan fingerprint density at radius 3 is 2.08 bits per heavy atom. The van der Waals surface area contributed by atoms with E-state index in [1.165, 1.54) is 55.3 Å². The van der Waals surface area contributed by atoms with Gasteiger partial charge in [0.05, 0.1) is 22.4 Å². The molecule has 0 fully saturated rings. The van der Waals surface area contributed by atoms with Crippen molar-refractivity contribution in [2.75, 3.05) is 13.2 Å². The normalized spacial score (nSPS) is 15.1. The van der Waals surface area contributed by atoms with Gasteiger partial charge in [0.1, 0.15) is 11.9 Å². The van der Waals surface area contributed by atoms with Crippen LogP contribution in [0.15, 0.2) is 40.3 Å². The number of carbonyl (C=O) groups is 2. The monoisotopic (exact) mass is 725 g/mol. The number of hydrogen-bond acceptors (Lipinski definition) is 8. The SMILES string of the molecule is CCCCCCCCCCCCC(C(=O)NCCC(=O)OCC(C)(C)c1nnc2n1N=C(C(C)(C)C)C2(Cl)Cl)S(=O)(=O)c1ccccc1. The van der Waals surface area contributed by atoms with Gasteiger partial charge in [0.25, 0.3) is 0 Å². The van der Waals surface area contributed by atoms with Crippen molar-refractivity contribution in [3.63, 3.8) is 0 Å². The molecule has 1 aliphatic heterocycles. The highest BCUT2D eigenvalue weighted by Crippen LogP contribution is 2.45. The van der Waals surface area contributed by atoms with E-state index in [1.807, 2.05) is 34.6 Å². The largest absolute Gasteiger partial charge is 0.465 e. The lowest BCUT2D eigenvalue weighted by Gasteiger charge is -2.24. The number of hydrogen-bond donors (Lipinski definition) is 1. The Kier molecular flexibility index (Phi) is 14.5. The first kappa shape index (κ1) is 39.9. The summed E-state index contributed by atoms with van der Waals surface area (Å²) in [6.07, 6.45) is 11.2. The lowest BCUT2D eigenvalue weighted by atomic mass is 9.88. The predicted molar refractivity (Wildman–Crippen MR) is 191 cm³/mol. The van der Waals surface area contributed by atoms with E-state index in [0.717, 1.165) is 19.3 Å². The quantitative estimate of drug-likeness (QED) is 0.0842. The Morgan fingerprint density at radius 2 is 1.50 bits per heavy atom. The highest BCUT2D eigenvalue weighted by molar-refractivity contribution is 7.92. The average Bonchev–Trinajstić information content (AvgIpc) is 3.58. The zero-order valence-corrected chi connectivity index (χ0v) is 31.7. The average molecular weight is 727 g/mol. The maximum atomic E-state index is 13.5. The number of aromatic nitrogens is 3. The van der Waals surface area contributed by atoms with Crippen molar-refractivity contribution in [2.24, 2.45) is 10.5 Å². The minimum Gasteiger partial charge on any atom is -0.465 e. The lowest BCUT2D eigenvalue weighted by Crippen LogP contribution is -2.41. The third-order valence-corrected chi connectivity index (χ3v) is 11.3. The summed E-state index contributed by atoms with van der Waals surface area (Å²) in [6.45, 7) is 11.6. The fourth-order valence-corrected chi connectivity index (χ4v) is 8.29. The summed E-state index contributed by atoms with van der Waals surface area (Å²) in [4.78, 5) is 26.1. The highest BCUT2D eigenvalue weighted by Gasteiger charge is 2.50. The smallest absolute Gasteiger partial charge is 0.307 e. The van der Waals surface area contributed by atoms with Crippen molar-refractivity contribution < 1.29 is 22.7 Å². The summed E-state index contributed by atoms with van der Waals surface area (Å²) in [6, 6.07) is 8.04. The minimum absolute atomic E-state index is 0.0421. The first-order valence-corrected chi connectivity index (χ1v) is 19.5. The molecule has 1 atom stereocenters. The second kappa shape index (κ2) is 17.4. The number of unbranched alkanes of at least 4 members (excludes halogenated alkanes) is 9. The molecule has 268 valence electrons. The van der Waals surface area contributed by atoms with Gasteiger partial charge in [0.2, 0.25) is 10.2 Å². The van der Waals surface area contributed by atoms with Crippen LogP contribution in [0.3, 0.4) is 0 Å². The molecule has 10 nitrogen and oxygen atoms in total. The fourth-order valence-electron chi connectivity index (χ4n) is 5.70. The minimum atomic E-state index is -3.92. The topological polar surface area (TPSA) is 133 Å². The van der Waals surface area contributed by atoms with Gasteiger partial charge in [0.15, 0.2) is 21.5 Å². The Hall–Kier alpha value is -2.50. The van der Waals surface area contributed by atoms with Crippen LogP contribution in [0.2, 0.25) is 0 Å². The summed E-state index contributed by atoms with van der Waals surface area (Å²) >= 11 is 13.3. The molecule has 2 aromatic rings.